The molecule has 0 saturated carbocycles. The highest BCUT2D eigenvalue weighted by Gasteiger charge is 2.13. The molecule has 1 aromatic heterocycles. The minimum atomic E-state index is 0.0585. The topological polar surface area (TPSA) is 67.2 Å². The Hall–Kier alpha value is -1.97. The summed E-state index contributed by atoms with van der Waals surface area (Å²) in [6, 6.07) is 7.48. The van der Waals surface area contributed by atoms with Crippen LogP contribution in [0, 0.1) is 11.3 Å². The Bertz CT molecular complexity index is 679. The Kier molecular flexibility index (Phi) is 4.89. The van der Waals surface area contributed by atoms with Crippen LogP contribution in [0.5, 0.6) is 11.5 Å². The number of anilines is 2. The van der Waals surface area contributed by atoms with Gasteiger partial charge in [0, 0.05) is 11.8 Å². The van der Waals surface area contributed by atoms with Gasteiger partial charge < -0.3 is 14.8 Å². The third kappa shape index (κ3) is 3.57. The maximum absolute atomic E-state index is 9.06. The molecular weight excluding hydrogens is 310 g/mol. The number of methoxy groups -OCH3 is 1. The Morgan fingerprint density at radius 2 is 2.14 bits per heavy atom. The van der Waals surface area contributed by atoms with Crippen LogP contribution in [0.4, 0.5) is 10.7 Å². The Morgan fingerprint density at radius 1 is 1.38 bits per heavy atom. The molecule has 0 aliphatic carbocycles. The number of aromatic nitrogens is 1. The number of rotatable bonds is 5. The summed E-state index contributed by atoms with van der Waals surface area (Å²) in [6.45, 7) is 3.90. The van der Waals surface area contributed by atoms with E-state index in [0.29, 0.717) is 22.1 Å². The van der Waals surface area contributed by atoms with Crippen molar-refractivity contribution in [1.82, 2.24) is 4.37 Å². The van der Waals surface area contributed by atoms with Crippen LogP contribution in [0.1, 0.15) is 19.4 Å². The molecule has 0 radical (unpaired) electrons. The van der Waals surface area contributed by atoms with Crippen LogP contribution < -0.4 is 14.8 Å². The Morgan fingerprint density at radius 3 is 2.76 bits per heavy atom. The zero-order chi connectivity index (χ0) is 15.4. The van der Waals surface area contributed by atoms with E-state index in [1.807, 2.05) is 32.0 Å². The molecule has 2 aromatic rings. The van der Waals surface area contributed by atoms with Crippen LogP contribution in [0.25, 0.3) is 0 Å². The van der Waals surface area contributed by atoms with Crippen LogP contribution in [-0.2, 0) is 0 Å². The van der Waals surface area contributed by atoms with Crippen molar-refractivity contribution in [2.24, 2.45) is 0 Å². The summed E-state index contributed by atoms with van der Waals surface area (Å²) in [7, 11) is 1.58. The number of hydrogen-bond acceptors (Lipinski definition) is 6. The predicted octanol–water partition coefficient (Wildman–Crippen LogP) is 4.21. The van der Waals surface area contributed by atoms with Gasteiger partial charge in [0.15, 0.2) is 16.7 Å². The smallest absolute Gasteiger partial charge is 0.162 e. The second kappa shape index (κ2) is 6.66. The molecule has 1 aromatic carbocycles. The van der Waals surface area contributed by atoms with Gasteiger partial charge in [-0.05, 0) is 37.5 Å². The Labute approximate surface area is 132 Å². The highest BCUT2D eigenvalue weighted by atomic mass is 35.5. The molecular formula is C14H14ClN3O2S. The first kappa shape index (κ1) is 15.4. The minimum Gasteiger partial charge on any atom is -0.493 e. The molecule has 21 heavy (non-hydrogen) atoms. The van der Waals surface area contributed by atoms with E-state index in [-0.39, 0.29) is 11.3 Å². The molecule has 2 rings (SSSR count). The largest absolute Gasteiger partial charge is 0.493 e. The van der Waals surface area contributed by atoms with Gasteiger partial charge in [-0.25, -0.2) is 0 Å². The minimum absolute atomic E-state index is 0.0585. The lowest BCUT2D eigenvalue weighted by Crippen LogP contribution is -2.06. The quantitative estimate of drug-likeness (QED) is 0.892. The van der Waals surface area contributed by atoms with Crippen molar-refractivity contribution in [2.75, 3.05) is 12.4 Å². The average molecular weight is 324 g/mol. The SMILES string of the molecule is COc1cc(Nc2snc(Cl)c2C#N)ccc1OC(C)C. The summed E-state index contributed by atoms with van der Waals surface area (Å²) < 4.78 is 14.9. The van der Waals surface area contributed by atoms with E-state index in [1.165, 1.54) is 0 Å². The molecule has 0 saturated heterocycles. The summed E-state index contributed by atoms with van der Waals surface area (Å²) in [4.78, 5) is 0. The van der Waals surface area contributed by atoms with Gasteiger partial charge in [-0.1, -0.05) is 11.6 Å². The predicted molar refractivity (Wildman–Crippen MR) is 83.9 cm³/mol. The maximum Gasteiger partial charge on any atom is 0.162 e. The highest BCUT2D eigenvalue weighted by Crippen LogP contribution is 2.35. The van der Waals surface area contributed by atoms with E-state index < -0.39 is 0 Å². The summed E-state index contributed by atoms with van der Waals surface area (Å²) in [5, 5.41) is 13.0. The molecule has 0 spiro atoms. The van der Waals surface area contributed by atoms with Gasteiger partial charge >= 0.3 is 0 Å². The molecule has 0 aliphatic rings. The van der Waals surface area contributed by atoms with Crippen LogP contribution in [0.2, 0.25) is 5.15 Å². The monoisotopic (exact) mass is 323 g/mol. The van der Waals surface area contributed by atoms with Gasteiger partial charge in [0.05, 0.1) is 13.2 Å². The van der Waals surface area contributed by atoms with E-state index in [9.17, 15) is 0 Å². The molecule has 7 heteroatoms. The fraction of sp³-hybridized carbons (Fsp3) is 0.286. The van der Waals surface area contributed by atoms with Crippen molar-refractivity contribution in [3.05, 3.63) is 28.9 Å². The third-order valence-electron chi connectivity index (χ3n) is 2.55. The molecule has 110 valence electrons. The van der Waals surface area contributed by atoms with Crippen LogP contribution in [-0.4, -0.2) is 17.6 Å². The number of nitriles is 1. The van der Waals surface area contributed by atoms with Crippen LogP contribution in [0.15, 0.2) is 18.2 Å². The zero-order valence-electron chi connectivity index (χ0n) is 11.8. The van der Waals surface area contributed by atoms with Crippen LogP contribution >= 0.6 is 23.1 Å². The lowest BCUT2D eigenvalue weighted by atomic mass is 10.2. The third-order valence-corrected chi connectivity index (χ3v) is 3.68. The van der Waals surface area contributed by atoms with Crippen molar-refractivity contribution < 1.29 is 9.47 Å². The van der Waals surface area contributed by atoms with Crippen molar-refractivity contribution in [3.8, 4) is 17.6 Å². The van der Waals surface area contributed by atoms with Gasteiger partial charge in [-0.15, -0.1) is 0 Å². The number of hydrogen-bond donors (Lipinski definition) is 1. The van der Waals surface area contributed by atoms with Gasteiger partial charge in [-0.2, -0.15) is 9.64 Å². The van der Waals surface area contributed by atoms with E-state index >= 15 is 0 Å². The molecule has 1 N–H and O–H groups in total. The first-order valence-electron chi connectivity index (χ1n) is 6.22. The van der Waals surface area contributed by atoms with Crippen LogP contribution in [0.3, 0.4) is 0 Å². The maximum atomic E-state index is 9.06. The first-order valence-corrected chi connectivity index (χ1v) is 7.37. The zero-order valence-corrected chi connectivity index (χ0v) is 13.4. The summed E-state index contributed by atoms with van der Waals surface area (Å²) in [6.07, 6.45) is 0.0585. The van der Waals surface area contributed by atoms with Crippen molar-refractivity contribution >= 4 is 33.8 Å². The molecule has 1 heterocycles. The number of benzene rings is 1. The first-order chi connectivity index (χ1) is 10.0. The molecule has 0 unspecified atom stereocenters. The van der Waals surface area contributed by atoms with Gasteiger partial charge in [-0.3, -0.25) is 0 Å². The summed E-state index contributed by atoms with van der Waals surface area (Å²) >= 11 is 6.98. The highest BCUT2D eigenvalue weighted by molar-refractivity contribution is 7.10. The molecule has 0 atom stereocenters. The Balaban J connectivity index is 2.27. The summed E-state index contributed by atoms with van der Waals surface area (Å²) in [5.41, 5.74) is 1.10. The molecule has 0 bridgehead atoms. The fourth-order valence-corrected chi connectivity index (χ4v) is 2.64. The molecule has 0 amide bonds. The summed E-state index contributed by atoms with van der Waals surface area (Å²) in [5.74, 6) is 1.28. The lowest BCUT2D eigenvalue weighted by Gasteiger charge is -2.14. The normalized spacial score (nSPS) is 10.3. The van der Waals surface area contributed by atoms with E-state index in [1.54, 1.807) is 13.2 Å². The van der Waals surface area contributed by atoms with E-state index in [4.69, 9.17) is 26.3 Å². The average Bonchev–Trinajstić information content (AvgIpc) is 2.80. The molecule has 0 aliphatic heterocycles. The van der Waals surface area contributed by atoms with Gasteiger partial charge in [0.2, 0.25) is 0 Å². The van der Waals surface area contributed by atoms with Crippen molar-refractivity contribution in [1.29, 1.82) is 5.26 Å². The second-order valence-electron chi connectivity index (χ2n) is 4.45. The number of nitrogens with one attached hydrogen (secondary N) is 1. The van der Waals surface area contributed by atoms with E-state index in [2.05, 4.69) is 9.69 Å². The number of halogens is 1. The van der Waals surface area contributed by atoms with Gasteiger partial charge in [0.25, 0.3) is 0 Å². The molecule has 5 nitrogen and oxygen atoms in total. The second-order valence-corrected chi connectivity index (χ2v) is 5.58. The molecule has 0 fully saturated rings. The van der Waals surface area contributed by atoms with Crippen molar-refractivity contribution in [3.63, 3.8) is 0 Å². The number of nitrogens with zero attached hydrogens (tertiary/aromatic N) is 2. The van der Waals surface area contributed by atoms with Crippen molar-refractivity contribution in [2.45, 2.75) is 20.0 Å². The standard InChI is InChI=1S/C14H14ClN3O2S/c1-8(2)20-11-5-4-9(6-12(11)19-3)17-14-10(7-16)13(15)18-21-14/h4-6,8,17H,1-3H3. The lowest BCUT2D eigenvalue weighted by molar-refractivity contribution is 0.230. The van der Waals surface area contributed by atoms with Gasteiger partial charge in [0.1, 0.15) is 16.6 Å². The number of ether oxygens (including phenoxy) is 2. The van der Waals surface area contributed by atoms with E-state index in [0.717, 1.165) is 17.2 Å². The fourth-order valence-electron chi connectivity index (χ4n) is 1.68.